The summed E-state index contributed by atoms with van der Waals surface area (Å²) in [6, 6.07) is 18.0. The van der Waals surface area contributed by atoms with Crippen molar-refractivity contribution < 1.29 is 9.53 Å². The average Bonchev–Trinajstić information content (AvgIpc) is 3.03. The van der Waals surface area contributed by atoms with E-state index in [4.69, 9.17) is 4.74 Å². The Bertz CT molecular complexity index is 978. The molecule has 1 N–H and O–H groups in total. The molecule has 2 aromatic carbocycles. The normalized spacial score (nSPS) is 12.1. The number of ether oxygens (including phenoxy) is 1. The van der Waals surface area contributed by atoms with Gasteiger partial charge >= 0.3 is 0 Å². The zero-order valence-corrected chi connectivity index (χ0v) is 18.3. The van der Waals surface area contributed by atoms with Crippen LogP contribution in [-0.4, -0.2) is 48.3 Å². The number of methoxy groups -OCH3 is 1. The zero-order chi connectivity index (χ0) is 21.7. The monoisotopic (exact) mass is 406 g/mol. The number of nitrogens with one attached hydrogen (secondary N) is 1. The number of carbonyl (C=O) groups is 1. The third-order valence-electron chi connectivity index (χ3n) is 5.40. The van der Waals surface area contributed by atoms with Gasteiger partial charge in [-0.3, -0.25) is 4.79 Å². The molecule has 0 fully saturated rings. The molecule has 0 aliphatic carbocycles. The van der Waals surface area contributed by atoms with Gasteiger partial charge in [-0.25, -0.2) is 4.68 Å². The average molecular weight is 407 g/mol. The molecule has 0 saturated carbocycles. The van der Waals surface area contributed by atoms with E-state index in [1.54, 1.807) is 7.11 Å². The maximum absolute atomic E-state index is 12.7. The maximum Gasteiger partial charge on any atom is 0.224 e. The maximum atomic E-state index is 12.7. The van der Waals surface area contributed by atoms with Gasteiger partial charge in [0.05, 0.1) is 31.0 Å². The second kappa shape index (κ2) is 9.59. The standard InChI is InChI=1S/C24H30N4O2/c1-17-22(18(2)28(26-17)20-9-7-6-8-10-20)15-24(29)25-16-23(27(3)4)19-11-13-21(30-5)14-12-19/h6-14,23H,15-16H2,1-5H3,(H,25,29)/t23-/m0/s1. The van der Waals surface area contributed by atoms with E-state index in [2.05, 4.69) is 15.3 Å². The fraction of sp³-hybridized carbons (Fsp3) is 0.333. The predicted octanol–water partition coefficient (Wildman–Crippen LogP) is 3.46. The third-order valence-corrected chi connectivity index (χ3v) is 5.40. The molecule has 3 aromatic rings. The van der Waals surface area contributed by atoms with Crippen molar-refractivity contribution in [1.82, 2.24) is 20.0 Å². The SMILES string of the molecule is COc1ccc([C@H](CNC(=O)Cc2c(C)nn(-c3ccccc3)c2C)N(C)C)cc1. The molecular weight excluding hydrogens is 376 g/mol. The second-order valence-electron chi connectivity index (χ2n) is 7.63. The van der Waals surface area contributed by atoms with E-state index in [0.717, 1.165) is 34.0 Å². The Hall–Kier alpha value is -3.12. The Morgan fingerprint density at radius 1 is 1.10 bits per heavy atom. The number of carbonyl (C=O) groups excluding carboxylic acids is 1. The smallest absolute Gasteiger partial charge is 0.224 e. The highest BCUT2D eigenvalue weighted by molar-refractivity contribution is 5.79. The number of likely N-dealkylation sites (N-methyl/N-ethyl adjacent to an activating group) is 1. The van der Waals surface area contributed by atoms with Crippen LogP contribution in [0.15, 0.2) is 54.6 Å². The van der Waals surface area contributed by atoms with Crippen molar-refractivity contribution in [3.63, 3.8) is 0 Å². The topological polar surface area (TPSA) is 59.4 Å². The van der Waals surface area contributed by atoms with E-state index in [-0.39, 0.29) is 11.9 Å². The van der Waals surface area contributed by atoms with Gasteiger partial charge in [0.2, 0.25) is 5.91 Å². The van der Waals surface area contributed by atoms with Gasteiger partial charge in [-0.15, -0.1) is 0 Å². The molecule has 0 aliphatic heterocycles. The number of para-hydroxylation sites is 1. The highest BCUT2D eigenvalue weighted by atomic mass is 16.5. The van der Waals surface area contributed by atoms with Crippen LogP contribution in [0.25, 0.3) is 5.69 Å². The third kappa shape index (κ3) is 4.89. The summed E-state index contributed by atoms with van der Waals surface area (Å²) < 4.78 is 7.14. The van der Waals surface area contributed by atoms with Crippen LogP contribution < -0.4 is 10.1 Å². The molecule has 0 spiro atoms. The lowest BCUT2D eigenvalue weighted by molar-refractivity contribution is -0.120. The summed E-state index contributed by atoms with van der Waals surface area (Å²) in [6.45, 7) is 4.49. The number of aryl methyl sites for hydroxylation is 1. The Morgan fingerprint density at radius 3 is 2.37 bits per heavy atom. The van der Waals surface area contributed by atoms with E-state index < -0.39 is 0 Å². The number of hydrogen-bond donors (Lipinski definition) is 1. The molecule has 158 valence electrons. The number of nitrogens with zero attached hydrogens (tertiary/aromatic N) is 3. The molecule has 6 heteroatoms. The van der Waals surface area contributed by atoms with Crippen molar-refractivity contribution in [1.29, 1.82) is 0 Å². The van der Waals surface area contributed by atoms with E-state index >= 15 is 0 Å². The van der Waals surface area contributed by atoms with Gasteiger partial charge in [-0.2, -0.15) is 5.10 Å². The van der Waals surface area contributed by atoms with E-state index in [1.807, 2.05) is 87.2 Å². The largest absolute Gasteiger partial charge is 0.497 e. The molecule has 3 rings (SSSR count). The number of aromatic nitrogens is 2. The van der Waals surface area contributed by atoms with Gasteiger partial charge in [-0.1, -0.05) is 30.3 Å². The Morgan fingerprint density at radius 2 is 1.77 bits per heavy atom. The Labute approximate surface area is 178 Å². The van der Waals surface area contributed by atoms with Gasteiger partial charge in [0.25, 0.3) is 0 Å². The van der Waals surface area contributed by atoms with Crippen LogP contribution in [0.3, 0.4) is 0 Å². The minimum atomic E-state index is -0.00540. The van der Waals surface area contributed by atoms with Crippen molar-refractivity contribution in [3.8, 4) is 11.4 Å². The molecule has 0 unspecified atom stereocenters. The number of rotatable bonds is 8. The van der Waals surface area contributed by atoms with Crippen LogP contribution in [0.4, 0.5) is 0 Å². The Kier molecular flexibility index (Phi) is 6.90. The van der Waals surface area contributed by atoms with Crippen LogP contribution in [0.1, 0.15) is 28.6 Å². The summed E-state index contributed by atoms with van der Waals surface area (Å²) in [6.07, 6.45) is 0.313. The molecule has 0 saturated heterocycles. The first kappa shape index (κ1) is 21.6. The first-order valence-electron chi connectivity index (χ1n) is 10.1. The van der Waals surface area contributed by atoms with Crippen LogP contribution in [-0.2, 0) is 11.2 Å². The first-order chi connectivity index (χ1) is 14.4. The second-order valence-corrected chi connectivity index (χ2v) is 7.63. The molecule has 0 bridgehead atoms. The van der Waals surface area contributed by atoms with Crippen molar-refractivity contribution in [2.24, 2.45) is 0 Å². The van der Waals surface area contributed by atoms with Gasteiger partial charge in [0, 0.05) is 17.8 Å². The zero-order valence-electron chi connectivity index (χ0n) is 18.3. The lowest BCUT2D eigenvalue weighted by Crippen LogP contribution is -2.35. The van der Waals surface area contributed by atoms with Gasteiger partial charge in [0.15, 0.2) is 0 Å². The van der Waals surface area contributed by atoms with Crippen molar-refractivity contribution in [3.05, 3.63) is 77.1 Å². The fourth-order valence-corrected chi connectivity index (χ4v) is 3.61. The molecule has 1 heterocycles. The summed E-state index contributed by atoms with van der Waals surface area (Å²) in [5, 5.41) is 7.73. The summed E-state index contributed by atoms with van der Waals surface area (Å²) in [5.41, 5.74) is 4.98. The minimum Gasteiger partial charge on any atom is -0.497 e. The molecule has 1 amide bonds. The summed E-state index contributed by atoms with van der Waals surface area (Å²) in [5.74, 6) is 0.816. The molecule has 0 aliphatic rings. The van der Waals surface area contributed by atoms with Crippen LogP contribution in [0, 0.1) is 13.8 Å². The van der Waals surface area contributed by atoms with E-state index in [9.17, 15) is 4.79 Å². The van der Waals surface area contributed by atoms with E-state index in [0.29, 0.717) is 13.0 Å². The van der Waals surface area contributed by atoms with Crippen molar-refractivity contribution in [2.75, 3.05) is 27.7 Å². The van der Waals surface area contributed by atoms with Crippen LogP contribution in [0.5, 0.6) is 5.75 Å². The van der Waals surface area contributed by atoms with Gasteiger partial charge < -0.3 is 15.0 Å². The van der Waals surface area contributed by atoms with Crippen molar-refractivity contribution in [2.45, 2.75) is 26.3 Å². The molecule has 6 nitrogen and oxygen atoms in total. The predicted molar refractivity (Wildman–Crippen MR) is 119 cm³/mol. The number of amides is 1. The summed E-state index contributed by atoms with van der Waals surface area (Å²) in [4.78, 5) is 14.8. The molecular formula is C24H30N4O2. The minimum absolute atomic E-state index is 0.00540. The summed E-state index contributed by atoms with van der Waals surface area (Å²) in [7, 11) is 5.68. The quantitative estimate of drug-likeness (QED) is 0.622. The number of benzene rings is 2. The first-order valence-corrected chi connectivity index (χ1v) is 10.1. The number of hydrogen-bond acceptors (Lipinski definition) is 4. The molecule has 1 aromatic heterocycles. The molecule has 1 atom stereocenters. The summed E-state index contributed by atoms with van der Waals surface area (Å²) >= 11 is 0. The molecule has 0 radical (unpaired) electrons. The van der Waals surface area contributed by atoms with Gasteiger partial charge in [-0.05, 0) is 57.8 Å². The highest BCUT2D eigenvalue weighted by Gasteiger charge is 2.19. The Balaban J connectivity index is 1.68. The lowest BCUT2D eigenvalue weighted by atomic mass is 10.1. The van der Waals surface area contributed by atoms with Crippen LogP contribution in [0.2, 0.25) is 0 Å². The van der Waals surface area contributed by atoms with E-state index in [1.165, 1.54) is 0 Å². The highest BCUT2D eigenvalue weighted by Crippen LogP contribution is 2.21. The van der Waals surface area contributed by atoms with Crippen LogP contribution >= 0.6 is 0 Å². The fourth-order valence-electron chi connectivity index (χ4n) is 3.61. The lowest BCUT2D eigenvalue weighted by Gasteiger charge is -2.25. The van der Waals surface area contributed by atoms with Gasteiger partial charge in [0.1, 0.15) is 5.75 Å². The van der Waals surface area contributed by atoms with Crippen molar-refractivity contribution >= 4 is 5.91 Å². The molecule has 30 heavy (non-hydrogen) atoms.